The molecule has 1 atom stereocenters. The van der Waals surface area contributed by atoms with Crippen LogP contribution in [0.5, 0.6) is 0 Å². The van der Waals surface area contributed by atoms with Crippen LogP contribution in [0.3, 0.4) is 0 Å². The molecule has 0 bridgehead atoms. The minimum Gasteiger partial charge on any atom is -0.367 e. The molecule has 1 heterocycles. The summed E-state index contributed by atoms with van der Waals surface area (Å²) in [6, 6.07) is 0. The van der Waals surface area contributed by atoms with E-state index in [0.29, 0.717) is 25.3 Å². The largest absolute Gasteiger partial charge is 0.367 e. The van der Waals surface area contributed by atoms with Gasteiger partial charge < -0.3 is 4.74 Å². The molecule has 0 spiro atoms. The highest BCUT2D eigenvalue weighted by Gasteiger charge is 2.34. The van der Waals surface area contributed by atoms with E-state index in [2.05, 4.69) is 0 Å². The van der Waals surface area contributed by atoms with E-state index in [1.165, 1.54) is 11.1 Å². The van der Waals surface area contributed by atoms with E-state index < -0.39 is 23.8 Å². The zero-order valence-corrected chi connectivity index (χ0v) is 12.9. The van der Waals surface area contributed by atoms with Crippen molar-refractivity contribution in [2.75, 3.05) is 26.3 Å². The number of hydrogen-bond donors (Lipinski definition) is 0. The van der Waals surface area contributed by atoms with Crippen LogP contribution in [-0.2, 0) is 24.0 Å². The first-order chi connectivity index (χ1) is 9.96. The minimum atomic E-state index is -0.923. The lowest BCUT2D eigenvalue weighted by Crippen LogP contribution is -2.48. The Bertz CT molecular complexity index is 447. The van der Waals surface area contributed by atoms with Crippen molar-refractivity contribution in [2.24, 2.45) is 0 Å². The van der Waals surface area contributed by atoms with Crippen LogP contribution in [-0.4, -0.2) is 60.1 Å². The highest BCUT2D eigenvalue weighted by molar-refractivity contribution is 6.16. The number of carbonyl (C=O) groups is 3. The fourth-order valence-corrected chi connectivity index (χ4v) is 2.01. The first-order valence-electron chi connectivity index (χ1n) is 7.06. The third kappa shape index (κ3) is 4.12. The van der Waals surface area contributed by atoms with Gasteiger partial charge in [0, 0.05) is 24.8 Å². The highest BCUT2D eigenvalue weighted by atomic mass is 16.7. The maximum absolute atomic E-state index is 12.3. The van der Waals surface area contributed by atoms with Crippen LogP contribution in [0.2, 0.25) is 0 Å². The number of nitrogens with zero attached hydrogens (tertiary/aromatic N) is 2. The molecule has 0 saturated heterocycles. The lowest BCUT2D eigenvalue weighted by molar-refractivity contribution is -0.195. The van der Waals surface area contributed by atoms with E-state index in [0.717, 1.165) is 4.90 Å². The zero-order valence-electron chi connectivity index (χ0n) is 12.9. The Morgan fingerprint density at radius 2 is 1.95 bits per heavy atom. The fraction of sp³-hybridized carbons (Fsp3) is 0.643. The molecule has 0 aromatic heterocycles. The van der Waals surface area contributed by atoms with Crippen molar-refractivity contribution in [3.63, 3.8) is 0 Å². The molecule has 0 N–H and O–H groups in total. The van der Waals surface area contributed by atoms with E-state index in [-0.39, 0.29) is 6.54 Å². The summed E-state index contributed by atoms with van der Waals surface area (Å²) in [6.45, 7) is 7.74. The molecule has 0 fully saturated rings. The van der Waals surface area contributed by atoms with Gasteiger partial charge in [-0.25, -0.2) is 5.06 Å². The second-order valence-electron chi connectivity index (χ2n) is 4.48. The number of imide groups is 1. The van der Waals surface area contributed by atoms with E-state index in [4.69, 9.17) is 9.57 Å². The standard InChI is InChI=1S/C14H22N2O5/c1-5-16(21-7-3)14(19)11(20-6-2)9-15-12(17)8-10(4)13(15)18/h8,11H,5-7,9H2,1-4H3. The van der Waals surface area contributed by atoms with Crippen molar-refractivity contribution in [3.8, 4) is 0 Å². The first kappa shape index (κ1) is 17.3. The molecule has 0 aliphatic carbocycles. The van der Waals surface area contributed by atoms with Gasteiger partial charge in [0.15, 0.2) is 6.10 Å². The molecule has 7 nitrogen and oxygen atoms in total. The van der Waals surface area contributed by atoms with Gasteiger partial charge in [0.2, 0.25) is 0 Å². The van der Waals surface area contributed by atoms with Crippen LogP contribution in [0.15, 0.2) is 11.6 Å². The van der Waals surface area contributed by atoms with Crippen LogP contribution in [0.25, 0.3) is 0 Å². The normalized spacial score (nSPS) is 16.2. The molecule has 118 valence electrons. The third-order valence-corrected chi connectivity index (χ3v) is 3.00. The average Bonchev–Trinajstić information content (AvgIpc) is 2.69. The van der Waals surface area contributed by atoms with Crippen molar-refractivity contribution in [2.45, 2.75) is 33.8 Å². The number of likely N-dealkylation sites (N-methyl/N-ethyl adjacent to an activating group) is 1. The Morgan fingerprint density at radius 1 is 1.29 bits per heavy atom. The van der Waals surface area contributed by atoms with Gasteiger partial charge >= 0.3 is 0 Å². The monoisotopic (exact) mass is 298 g/mol. The Morgan fingerprint density at radius 3 is 2.38 bits per heavy atom. The molecule has 1 aliphatic rings. The van der Waals surface area contributed by atoms with E-state index in [1.54, 1.807) is 27.7 Å². The topological polar surface area (TPSA) is 76.2 Å². The third-order valence-electron chi connectivity index (χ3n) is 3.00. The summed E-state index contributed by atoms with van der Waals surface area (Å²) in [5, 5.41) is 1.19. The van der Waals surface area contributed by atoms with Gasteiger partial charge in [-0.1, -0.05) is 0 Å². The summed E-state index contributed by atoms with van der Waals surface area (Å²) in [4.78, 5) is 42.2. The molecular formula is C14H22N2O5. The van der Waals surface area contributed by atoms with Crippen LogP contribution in [0.1, 0.15) is 27.7 Å². The number of rotatable bonds is 8. The summed E-state index contributed by atoms with van der Waals surface area (Å²) in [6.07, 6.45) is 0.337. The second kappa shape index (κ2) is 7.90. The van der Waals surface area contributed by atoms with Crippen molar-refractivity contribution >= 4 is 17.7 Å². The molecule has 1 rings (SSSR count). The van der Waals surface area contributed by atoms with E-state index in [1.807, 2.05) is 0 Å². The molecule has 7 heteroatoms. The van der Waals surface area contributed by atoms with Crippen LogP contribution in [0.4, 0.5) is 0 Å². The summed E-state index contributed by atoms with van der Waals surface area (Å²) < 4.78 is 5.39. The molecule has 3 amide bonds. The SMILES string of the molecule is CCOC(CN1C(=O)C=C(C)C1=O)C(=O)N(CC)OCC. The van der Waals surface area contributed by atoms with Gasteiger partial charge in [0.05, 0.1) is 13.2 Å². The van der Waals surface area contributed by atoms with Crippen LogP contribution < -0.4 is 0 Å². The van der Waals surface area contributed by atoms with Gasteiger partial charge in [-0.05, 0) is 27.7 Å². The van der Waals surface area contributed by atoms with Crippen LogP contribution in [0, 0.1) is 0 Å². The second-order valence-corrected chi connectivity index (χ2v) is 4.48. The molecule has 1 aliphatic heterocycles. The summed E-state index contributed by atoms with van der Waals surface area (Å²) >= 11 is 0. The predicted octanol–water partition coefficient (Wildman–Crippen LogP) is 0.507. The number of hydroxylamine groups is 2. The van der Waals surface area contributed by atoms with Crippen molar-refractivity contribution in [3.05, 3.63) is 11.6 Å². The summed E-state index contributed by atoms with van der Waals surface area (Å²) in [5.41, 5.74) is 0.361. The van der Waals surface area contributed by atoms with Crippen molar-refractivity contribution in [1.29, 1.82) is 0 Å². The van der Waals surface area contributed by atoms with Crippen LogP contribution >= 0.6 is 0 Å². The molecule has 0 aromatic rings. The van der Waals surface area contributed by atoms with Gasteiger partial charge in [-0.2, -0.15) is 0 Å². The maximum Gasteiger partial charge on any atom is 0.277 e. The maximum atomic E-state index is 12.3. The minimum absolute atomic E-state index is 0.109. The fourth-order valence-electron chi connectivity index (χ4n) is 2.01. The van der Waals surface area contributed by atoms with Gasteiger partial charge in [0.1, 0.15) is 0 Å². The quantitative estimate of drug-likeness (QED) is 0.482. The Labute approximate surface area is 124 Å². The Kier molecular flexibility index (Phi) is 6.51. The lowest BCUT2D eigenvalue weighted by atomic mass is 10.2. The number of hydrogen-bond acceptors (Lipinski definition) is 5. The van der Waals surface area contributed by atoms with Crippen molar-refractivity contribution in [1.82, 2.24) is 9.96 Å². The molecule has 0 aromatic carbocycles. The Balaban J connectivity index is 2.80. The molecule has 0 radical (unpaired) electrons. The highest BCUT2D eigenvalue weighted by Crippen LogP contribution is 2.14. The first-order valence-corrected chi connectivity index (χ1v) is 7.06. The predicted molar refractivity (Wildman–Crippen MR) is 74.9 cm³/mol. The Hall–Kier alpha value is -1.73. The van der Waals surface area contributed by atoms with Gasteiger partial charge in [-0.15, -0.1) is 0 Å². The number of carbonyl (C=O) groups excluding carboxylic acids is 3. The van der Waals surface area contributed by atoms with E-state index >= 15 is 0 Å². The van der Waals surface area contributed by atoms with E-state index in [9.17, 15) is 14.4 Å². The number of ether oxygens (including phenoxy) is 1. The lowest BCUT2D eigenvalue weighted by Gasteiger charge is -2.27. The van der Waals surface area contributed by atoms with Gasteiger partial charge in [-0.3, -0.25) is 24.1 Å². The van der Waals surface area contributed by atoms with Crippen molar-refractivity contribution < 1.29 is 24.0 Å². The zero-order chi connectivity index (χ0) is 16.0. The summed E-state index contributed by atoms with van der Waals surface area (Å²) in [5.74, 6) is -1.21. The smallest absolute Gasteiger partial charge is 0.277 e. The van der Waals surface area contributed by atoms with Gasteiger partial charge in [0.25, 0.3) is 17.7 Å². The summed E-state index contributed by atoms with van der Waals surface area (Å²) in [7, 11) is 0. The molecular weight excluding hydrogens is 276 g/mol. The molecule has 1 unspecified atom stereocenters. The molecule has 0 saturated carbocycles. The molecule has 21 heavy (non-hydrogen) atoms. The average molecular weight is 298 g/mol. The number of amides is 3.